The number of aromatic nitrogens is 6. The molecule has 42 heavy (non-hydrogen) atoms. The summed E-state index contributed by atoms with van der Waals surface area (Å²) < 4.78 is 21.8. The normalized spacial score (nSPS) is 16.8. The van der Waals surface area contributed by atoms with E-state index in [4.69, 9.17) is 9.72 Å². The number of fused-ring (bicyclic) bond motifs is 1. The first-order valence-electron chi connectivity index (χ1n) is 13.0. The van der Waals surface area contributed by atoms with Crippen LogP contribution in [0.2, 0.25) is 0 Å². The molecular weight excluding hydrogens is 611 g/mol. The van der Waals surface area contributed by atoms with Crippen LogP contribution in [0.15, 0.2) is 79.2 Å². The molecule has 0 radical (unpaired) electrons. The Morgan fingerprint density at radius 2 is 1.93 bits per heavy atom. The van der Waals surface area contributed by atoms with Gasteiger partial charge in [-0.15, -0.1) is 34.0 Å². The van der Waals surface area contributed by atoms with Crippen LogP contribution in [-0.2, 0) is 14.3 Å². The number of nitrogens with zero attached hydrogens (tertiary/aromatic N) is 6. The monoisotopic (exact) mass is 633 g/mol. The molecular formula is C28H23N7O3S4. The van der Waals surface area contributed by atoms with E-state index in [1.807, 2.05) is 12.1 Å². The molecule has 0 saturated carbocycles. The summed E-state index contributed by atoms with van der Waals surface area (Å²) in [6.07, 6.45) is 9.81. The molecule has 0 aliphatic carbocycles. The summed E-state index contributed by atoms with van der Waals surface area (Å²) in [6, 6.07) is 9.78. The van der Waals surface area contributed by atoms with Gasteiger partial charge in [0.25, 0.3) is 5.56 Å². The molecule has 1 aliphatic rings. The lowest BCUT2D eigenvalue weighted by Gasteiger charge is -2.23. The van der Waals surface area contributed by atoms with E-state index in [1.165, 1.54) is 51.2 Å². The van der Waals surface area contributed by atoms with Gasteiger partial charge in [0.05, 0.1) is 29.6 Å². The molecule has 1 aromatic carbocycles. The van der Waals surface area contributed by atoms with Gasteiger partial charge >= 0.3 is 0 Å². The molecule has 0 amide bonds. The fourth-order valence-corrected chi connectivity index (χ4v) is 9.25. The highest BCUT2D eigenvalue weighted by molar-refractivity contribution is 8.03. The zero-order valence-electron chi connectivity index (χ0n) is 22.0. The van der Waals surface area contributed by atoms with E-state index < -0.39 is 9.52 Å². The van der Waals surface area contributed by atoms with Crippen LogP contribution in [0.1, 0.15) is 30.9 Å². The number of thiazole rings is 3. The number of pyridine rings is 1. The summed E-state index contributed by atoms with van der Waals surface area (Å²) in [5.41, 5.74) is 3.99. The number of hydrogen-bond donors (Lipinski definition) is 1. The lowest BCUT2D eigenvalue weighted by atomic mass is 10.0. The average molecular weight is 634 g/mol. The fraction of sp³-hybridized carbons (Fsp3) is 0.179. The number of nitrogens with one attached hydrogen (secondary N) is 1. The number of anilines is 2. The average Bonchev–Trinajstić information content (AvgIpc) is 3.81. The lowest BCUT2D eigenvalue weighted by molar-refractivity contribution is 0.0150. The van der Waals surface area contributed by atoms with Crippen molar-refractivity contribution in [1.82, 2.24) is 29.5 Å². The Kier molecular flexibility index (Phi) is 7.15. The summed E-state index contributed by atoms with van der Waals surface area (Å²) in [4.78, 5) is 36.0. The molecule has 5 aromatic heterocycles. The zero-order valence-corrected chi connectivity index (χ0v) is 25.3. The maximum atomic E-state index is 13.9. The van der Waals surface area contributed by atoms with Gasteiger partial charge < -0.3 is 10.1 Å². The van der Waals surface area contributed by atoms with Crippen LogP contribution in [-0.4, -0.2) is 46.2 Å². The van der Waals surface area contributed by atoms with E-state index in [0.717, 1.165) is 30.7 Å². The number of rotatable bonds is 7. The predicted octanol–water partition coefficient (Wildman–Crippen LogP) is 5.94. The standard InChI is InChI=1S/C28H23N7O3S4/c1-42(37,22-14-29-16-40-22)23-15-31-25(41-23)20-12-18-13-32-27(34-24(18)35(26(20)36)28-30-9-11-39-28)33-19-7-5-17(6-8-19)21-4-2-3-10-38-21/h5-9,11-16,21H,1-4,10H2,(H,32,33,34). The number of hydrogen-bond acceptors (Lipinski definition) is 12. The van der Waals surface area contributed by atoms with E-state index in [9.17, 15) is 9.00 Å². The van der Waals surface area contributed by atoms with Crippen molar-refractivity contribution in [2.75, 3.05) is 11.9 Å². The molecule has 2 unspecified atom stereocenters. The van der Waals surface area contributed by atoms with Crippen molar-refractivity contribution in [1.29, 1.82) is 0 Å². The third kappa shape index (κ3) is 5.05. The third-order valence-corrected chi connectivity index (χ3v) is 12.7. The van der Waals surface area contributed by atoms with E-state index in [2.05, 4.69) is 43.3 Å². The van der Waals surface area contributed by atoms with Crippen LogP contribution in [0.3, 0.4) is 0 Å². The Labute approximate surface area is 252 Å². The van der Waals surface area contributed by atoms with Gasteiger partial charge in [-0.25, -0.2) is 19.5 Å². The lowest BCUT2D eigenvalue weighted by Crippen LogP contribution is -2.21. The van der Waals surface area contributed by atoms with E-state index >= 15 is 0 Å². The molecule has 1 aliphatic heterocycles. The molecule has 10 nitrogen and oxygen atoms in total. The third-order valence-electron chi connectivity index (χ3n) is 6.84. The van der Waals surface area contributed by atoms with Crippen molar-refractivity contribution in [2.45, 2.75) is 33.8 Å². The summed E-state index contributed by atoms with van der Waals surface area (Å²) in [5, 5.41) is 6.57. The Morgan fingerprint density at radius 1 is 1.05 bits per heavy atom. The van der Waals surface area contributed by atoms with Crippen molar-refractivity contribution in [3.63, 3.8) is 0 Å². The minimum absolute atomic E-state index is 0.133. The first-order chi connectivity index (χ1) is 20.5. The van der Waals surface area contributed by atoms with Gasteiger partial charge in [-0.05, 0) is 48.9 Å². The van der Waals surface area contributed by atoms with Gasteiger partial charge in [0.15, 0.2) is 10.8 Å². The summed E-state index contributed by atoms with van der Waals surface area (Å²) in [7, 11) is -2.78. The van der Waals surface area contributed by atoms with Gasteiger partial charge in [0.1, 0.15) is 13.4 Å². The second-order valence-electron chi connectivity index (χ2n) is 9.57. The van der Waals surface area contributed by atoms with Crippen LogP contribution in [0, 0.1) is 0 Å². The molecule has 2 atom stereocenters. The van der Waals surface area contributed by atoms with E-state index in [0.29, 0.717) is 41.1 Å². The first kappa shape index (κ1) is 27.0. The van der Waals surface area contributed by atoms with Gasteiger partial charge in [-0.3, -0.25) is 14.0 Å². The maximum Gasteiger partial charge on any atom is 0.268 e. The van der Waals surface area contributed by atoms with Crippen LogP contribution in [0.5, 0.6) is 0 Å². The van der Waals surface area contributed by atoms with Crippen LogP contribution in [0.25, 0.3) is 26.7 Å². The van der Waals surface area contributed by atoms with Gasteiger partial charge in [0.2, 0.25) is 5.95 Å². The van der Waals surface area contributed by atoms with Crippen LogP contribution in [0.4, 0.5) is 11.6 Å². The number of ether oxygens (including phenoxy) is 1. The molecule has 7 rings (SSSR count). The highest BCUT2D eigenvalue weighted by Gasteiger charge is 2.22. The smallest absolute Gasteiger partial charge is 0.268 e. The molecule has 1 fully saturated rings. The summed E-state index contributed by atoms with van der Waals surface area (Å²) >= 11 is 3.77. The Morgan fingerprint density at radius 3 is 2.67 bits per heavy atom. The van der Waals surface area contributed by atoms with Gasteiger partial charge in [-0.2, -0.15) is 4.98 Å². The molecule has 14 heteroatoms. The Bertz CT molecular complexity index is 2030. The van der Waals surface area contributed by atoms with Gasteiger partial charge in [-0.1, -0.05) is 12.1 Å². The SMILES string of the molecule is C=S(=O)(c1cncs1)c1cnc(-c2cc3cnc(Nc4ccc(C5CCCCO5)cc4)nc3n(-c3nccs3)c2=O)s1. The minimum atomic E-state index is -2.78. The fourth-order valence-electron chi connectivity index (χ4n) is 4.73. The zero-order chi connectivity index (χ0) is 28.7. The Hall–Kier alpha value is -3.82. The van der Waals surface area contributed by atoms with E-state index in [-0.39, 0.29) is 11.7 Å². The highest BCUT2D eigenvalue weighted by atomic mass is 32.3. The predicted molar refractivity (Wildman–Crippen MR) is 168 cm³/mol. The second kappa shape index (κ2) is 11.1. The Balaban J connectivity index is 1.26. The van der Waals surface area contributed by atoms with Crippen molar-refractivity contribution in [2.24, 2.45) is 0 Å². The molecule has 1 saturated heterocycles. The largest absolute Gasteiger partial charge is 0.374 e. The summed E-state index contributed by atoms with van der Waals surface area (Å²) in [5.74, 6) is 4.28. The number of benzene rings is 1. The summed E-state index contributed by atoms with van der Waals surface area (Å²) in [6.45, 7) is 0.797. The molecule has 0 bridgehead atoms. The molecule has 212 valence electrons. The minimum Gasteiger partial charge on any atom is -0.374 e. The molecule has 6 aromatic rings. The maximum absolute atomic E-state index is 13.9. The molecule has 0 spiro atoms. The quantitative estimate of drug-likeness (QED) is 0.213. The molecule has 6 heterocycles. The first-order valence-corrected chi connectivity index (χ1v) is 17.3. The van der Waals surface area contributed by atoms with Crippen LogP contribution < -0.4 is 10.9 Å². The topological polar surface area (TPSA) is 125 Å². The second-order valence-corrected chi connectivity index (χ2v) is 15.1. The van der Waals surface area contributed by atoms with Crippen molar-refractivity contribution < 1.29 is 8.95 Å². The van der Waals surface area contributed by atoms with Gasteiger partial charge in [0, 0.05) is 45.0 Å². The van der Waals surface area contributed by atoms with E-state index in [1.54, 1.807) is 35.5 Å². The van der Waals surface area contributed by atoms with Crippen LogP contribution >= 0.6 is 34.0 Å². The van der Waals surface area contributed by atoms with Crippen molar-refractivity contribution >= 4 is 72.1 Å². The van der Waals surface area contributed by atoms with Crippen molar-refractivity contribution in [3.05, 3.63) is 81.9 Å². The van der Waals surface area contributed by atoms with Crippen molar-refractivity contribution in [3.8, 4) is 15.7 Å². The highest BCUT2D eigenvalue weighted by Crippen LogP contribution is 2.33. The molecule has 1 N–H and O–H groups in total.